The Morgan fingerprint density at radius 3 is 2.21 bits per heavy atom. The topological polar surface area (TPSA) is 105 Å². The standard InChI is InChI=1S/C30H41F5O8/c1-16(4-7-24(39)43-26(27(31)32)30(33,34)35)19-5-6-20-25-21(12-23(42-15-38)29(19,20)3)28(2)9-8-18(40-13-36)10-17(28)11-22(25)41-14-37/h13-23,25-27H,4-12H2,1-3H3/t16?,17-,18+,19+,20-,21-,22+,23-,25-,26?,28-,29+/m0/s1. The van der Waals surface area contributed by atoms with Crippen molar-refractivity contribution < 1.29 is 60.1 Å². The first-order valence-corrected chi connectivity index (χ1v) is 15.0. The maximum atomic E-state index is 12.9. The van der Waals surface area contributed by atoms with E-state index in [1.165, 1.54) is 0 Å². The Balaban J connectivity index is 1.56. The van der Waals surface area contributed by atoms with E-state index in [9.17, 15) is 41.1 Å². The molecule has 0 amide bonds. The van der Waals surface area contributed by atoms with E-state index in [-0.39, 0.29) is 53.4 Å². The number of rotatable bonds is 12. The summed E-state index contributed by atoms with van der Waals surface area (Å²) in [4.78, 5) is 46.7. The van der Waals surface area contributed by atoms with Gasteiger partial charge in [0, 0.05) is 17.8 Å². The fraction of sp³-hybridized carbons (Fsp3) is 0.867. The Morgan fingerprint density at radius 2 is 1.60 bits per heavy atom. The van der Waals surface area contributed by atoms with Gasteiger partial charge in [-0.2, -0.15) is 13.2 Å². The average molecular weight is 625 g/mol. The summed E-state index contributed by atoms with van der Waals surface area (Å²) in [7, 11) is 0. The van der Waals surface area contributed by atoms with Gasteiger partial charge in [0.25, 0.3) is 31.9 Å². The highest BCUT2D eigenvalue weighted by molar-refractivity contribution is 5.69. The van der Waals surface area contributed by atoms with Crippen LogP contribution in [0.4, 0.5) is 22.0 Å². The molecule has 0 heterocycles. The highest BCUT2D eigenvalue weighted by Crippen LogP contribution is 2.69. The zero-order valence-corrected chi connectivity index (χ0v) is 24.6. The number of hydrogen-bond acceptors (Lipinski definition) is 8. The number of carbonyl (C=O) groups is 4. The average Bonchev–Trinajstić information content (AvgIpc) is 3.29. The zero-order valence-electron chi connectivity index (χ0n) is 24.6. The first kappa shape index (κ1) is 33.4. The molecule has 4 rings (SSSR count). The molecule has 8 nitrogen and oxygen atoms in total. The summed E-state index contributed by atoms with van der Waals surface area (Å²) in [6, 6.07) is 0. The maximum absolute atomic E-state index is 12.9. The molecule has 0 aromatic carbocycles. The van der Waals surface area contributed by atoms with Crippen molar-refractivity contribution >= 4 is 25.4 Å². The van der Waals surface area contributed by atoms with Crippen LogP contribution in [0.3, 0.4) is 0 Å². The second kappa shape index (κ2) is 12.9. The quantitative estimate of drug-likeness (QED) is 0.119. The van der Waals surface area contributed by atoms with Crippen LogP contribution in [0, 0.1) is 46.3 Å². The van der Waals surface area contributed by atoms with Crippen LogP contribution in [-0.4, -0.2) is 62.4 Å². The third-order valence-electron chi connectivity index (χ3n) is 11.8. The lowest BCUT2D eigenvalue weighted by atomic mass is 9.43. The van der Waals surface area contributed by atoms with Gasteiger partial charge in [-0.25, -0.2) is 8.78 Å². The Hall–Kier alpha value is -2.47. The monoisotopic (exact) mass is 624 g/mol. The van der Waals surface area contributed by atoms with Gasteiger partial charge < -0.3 is 18.9 Å². The minimum atomic E-state index is -5.38. The molecule has 0 aromatic heterocycles. The summed E-state index contributed by atoms with van der Waals surface area (Å²) >= 11 is 0. The van der Waals surface area contributed by atoms with Crippen molar-refractivity contribution in [2.75, 3.05) is 0 Å². The molecule has 4 saturated carbocycles. The SMILES string of the molecule is CC(CCC(=O)OC(C(F)F)C(F)(F)F)[C@H]1CC[C@H]2[C@@H]3[C@H](OC=O)C[C@@H]4C[C@H](OC=O)CC[C@]4(C)[C@H]3C[C@H](OC=O)[C@]12C. The molecule has 0 saturated heterocycles. The van der Waals surface area contributed by atoms with Crippen molar-refractivity contribution in [2.45, 2.75) is 116 Å². The second-order valence-electron chi connectivity index (χ2n) is 13.4. The van der Waals surface area contributed by atoms with Gasteiger partial charge in [0.05, 0.1) is 0 Å². The predicted octanol–water partition coefficient (Wildman–Crippen LogP) is 5.65. The Morgan fingerprint density at radius 1 is 0.930 bits per heavy atom. The number of ether oxygens (including phenoxy) is 4. The molecule has 43 heavy (non-hydrogen) atoms. The van der Waals surface area contributed by atoms with Gasteiger partial charge in [0.15, 0.2) is 0 Å². The van der Waals surface area contributed by atoms with Gasteiger partial charge in [-0.1, -0.05) is 20.8 Å². The lowest BCUT2D eigenvalue weighted by Crippen LogP contribution is -2.63. The van der Waals surface area contributed by atoms with Gasteiger partial charge in [0.1, 0.15) is 18.3 Å². The summed E-state index contributed by atoms with van der Waals surface area (Å²) in [6.45, 7) is 7.47. The first-order valence-electron chi connectivity index (χ1n) is 15.0. The molecule has 12 atom stereocenters. The Bertz CT molecular complexity index is 1030. The molecule has 0 radical (unpaired) electrons. The summed E-state index contributed by atoms with van der Waals surface area (Å²) in [5, 5.41) is 0. The van der Waals surface area contributed by atoms with Crippen LogP contribution in [0.5, 0.6) is 0 Å². The van der Waals surface area contributed by atoms with Crippen molar-refractivity contribution in [2.24, 2.45) is 46.3 Å². The summed E-state index contributed by atoms with van der Waals surface area (Å²) in [5.41, 5.74) is -0.760. The number of esters is 1. The molecule has 4 aliphatic rings. The van der Waals surface area contributed by atoms with E-state index in [1.54, 1.807) is 0 Å². The predicted molar refractivity (Wildman–Crippen MR) is 139 cm³/mol. The highest BCUT2D eigenvalue weighted by Gasteiger charge is 2.67. The van der Waals surface area contributed by atoms with E-state index in [0.717, 1.165) is 12.8 Å². The molecule has 0 N–H and O–H groups in total. The maximum Gasteiger partial charge on any atom is 0.431 e. The summed E-state index contributed by atoms with van der Waals surface area (Å²) < 4.78 is 85.3. The highest BCUT2D eigenvalue weighted by atomic mass is 19.4. The largest absolute Gasteiger partial charge is 0.465 e. The van der Waals surface area contributed by atoms with E-state index < -0.39 is 48.7 Å². The minimum Gasteiger partial charge on any atom is -0.465 e. The third kappa shape index (κ3) is 6.23. The van der Waals surface area contributed by atoms with Crippen LogP contribution in [0.2, 0.25) is 0 Å². The molecule has 0 aliphatic heterocycles. The van der Waals surface area contributed by atoms with Crippen molar-refractivity contribution in [3.8, 4) is 0 Å². The molecule has 0 spiro atoms. The van der Waals surface area contributed by atoms with E-state index >= 15 is 0 Å². The van der Waals surface area contributed by atoms with E-state index in [0.29, 0.717) is 51.5 Å². The molecule has 0 bridgehead atoms. The van der Waals surface area contributed by atoms with Crippen molar-refractivity contribution in [1.29, 1.82) is 0 Å². The number of alkyl halides is 5. The normalized spacial score (nSPS) is 40.2. The van der Waals surface area contributed by atoms with E-state index in [1.807, 2.05) is 13.8 Å². The summed E-state index contributed by atoms with van der Waals surface area (Å²) in [6.07, 6.45) is -9.53. The third-order valence-corrected chi connectivity index (χ3v) is 11.8. The van der Waals surface area contributed by atoms with Crippen LogP contribution in [-0.2, 0) is 38.1 Å². The van der Waals surface area contributed by atoms with Crippen LogP contribution in [0.15, 0.2) is 0 Å². The molecule has 13 heteroatoms. The van der Waals surface area contributed by atoms with Crippen LogP contribution < -0.4 is 0 Å². The summed E-state index contributed by atoms with van der Waals surface area (Å²) in [5.74, 6) is -1.57. The fourth-order valence-electron chi connectivity index (χ4n) is 9.76. The van der Waals surface area contributed by atoms with Gasteiger partial charge in [-0.05, 0) is 86.4 Å². The molecule has 2 unspecified atom stereocenters. The van der Waals surface area contributed by atoms with E-state index in [4.69, 9.17) is 14.2 Å². The Kier molecular flexibility index (Phi) is 10.0. The molecule has 0 aromatic rings. The van der Waals surface area contributed by atoms with Crippen LogP contribution in [0.1, 0.15) is 78.6 Å². The number of hydrogen-bond donors (Lipinski definition) is 0. The Labute approximate surface area is 247 Å². The van der Waals surface area contributed by atoms with Gasteiger partial charge >= 0.3 is 12.1 Å². The van der Waals surface area contributed by atoms with Gasteiger partial charge in [0.2, 0.25) is 0 Å². The molecule has 244 valence electrons. The minimum absolute atomic E-state index is 0.0179. The molecule has 4 fully saturated rings. The lowest BCUT2D eigenvalue weighted by molar-refractivity contribution is -0.249. The molecular weight excluding hydrogens is 583 g/mol. The first-order chi connectivity index (χ1) is 20.2. The van der Waals surface area contributed by atoms with Gasteiger partial charge in [-0.3, -0.25) is 19.2 Å². The van der Waals surface area contributed by atoms with Crippen molar-refractivity contribution in [1.82, 2.24) is 0 Å². The van der Waals surface area contributed by atoms with Crippen molar-refractivity contribution in [3.63, 3.8) is 0 Å². The smallest absolute Gasteiger partial charge is 0.431 e. The number of halogens is 5. The van der Waals surface area contributed by atoms with Gasteiger partial charge in [-0.15, -0.1) is 0 Å². The van der Waals surface area contributed by atoms with Crippen LogP contribution >= 0.6 is 0 Å². The second-order valence-corrected chi connectivity index (χ2v) is 13.4. The zero-order chi connectivity index (χ0) is 31.7. The van der Waals surface area contributed by atoms with Crippen molar-refractivity contribution in [3.05, 3.63) is 0 Å². The van der Waals surface area contributed by atoms with Crippen LogP contribution in [0.25, 0.3) is 0 Å². The molecular formula is C30H41F5O8. The molecule has 4 aliphatic carbocycles. The van der Waals surface area contributed by atoms with E-state index in [2.05, 4.69) is 11.7 Å². The number of carbonyl (C=O) groups excluding carboxylic acids is 4. The fourth-order valence-corrected chi connectivity index (χ4v) is 9.76. The number of fused-ring (bicyclic) bond motifs is 5. The lowest BCUT2D eigenvalue weighted by Gasteiger charge is -2.64.